The zero-order valence-electron chi connectivity index (χ0n) is 13.3. The molecule has 0 saturated carbocycles. The molecule has 0 fully saturated rings. The molecule has 3 rings (SSSR count). The smallest absolute Gasteiger partial charge is 0.266 e. The number of rotatable bonds is 3. The molecule has 0 bridgehead atoms. The van der Waals surface area contributed by atoms with Gasteiger partial charge in [-0.3, -0.25) is 4.79 Å². The minimum Gasteiger partial charge on any atom is -0.504 e. The number of fused-ring (bicyclic) bond motifs is 1. The van der Waals surface area contributed by atoms with Crippen molar-refractivity contribution in [3.63, 3.8) is 0 Å². The maximum atomic E-state index is 12.3. The van der Waals surface area contributed by atoms with Gasteiger partial charge in [-0.1, -0.05) is 11.6 Å². The van der Waals surface area contributed by atoms with Crippen LogP contribution in [0, 0.1) is 11.3 Å². The lowest BCUT2D eigenvalue weighted by Crippen LogP contribution is -2.17. The molecule has 132 valence electrons. The Kier molecular flexibility index (Phi) is 4.87. The van der Waals surface area contributed by atoms with Crippen molar-refractivity contribution in [1.82, 2.24) is 0 Å². The van der Waals surface area contributed by atoms with Crippen molar-refractivity contribution in [3.8, 4) is 29.1 Å². The third kappa shape index (κ3) is 3.66. The van der Waals surface area contributed by atoms with Crippen LogP contribution in [0.1, 0.15) is 5.56 Å². The summed E-state index contributed by atoms with van der Waals surface area (Å²) >= 11 is 5.77. The normalized spacial score (nSPS) is 13.0. The first-order valence-corrected chi connectivity index (χ1v) is 7.90. The van der Waals surface area contributed by atoms with Gasteiger partial charge in [0.25, 0.3) is 5.91 Å². The van der Waals surface area contributed by atoms with Gasteiger partial charge < -0.3 is 25.0 Å². The van der Waals surface area contributed by atoms with E-state index in [4.69, 9.17) is 21.1 Å². The van der Waals surface area contributed by atoms with Crippen molar-refractivity contribution < 1.29 is 24.5 Å². The molecule has 26 heavy (non-hydrogen) atoms. The molecule has 7 nitrogen and oxygen atoms in total. The van der Waals surface area contributed by atoms with Gasteiger partial charge in [0.05, 0.1) is 5.02 Å². The van der Waals surface area contributed by atoms with Gasteiger partial charge in [0.1, 0.15) is 24.9 Å². The van der Waals surface area contributed by atoms with Crippen LogP contribution in [0.15, 0.2) is 35.9 Å². The third-order valence-corrected chi connectivity index (χ3v) is 3.83. The van der Waals surface area contributed by atoms with Crippen LogP contribution >= 0.6 is 11.6 Å². The van der Waals surface area contributed by atoms with Crippen LogP contribution in [0.3, 0.4) is 0 Å². The maximum Gasteiger partial charge on any atom is 0.266 e. The Morgan fingerprint density at radius 3 is 2.62 bits per heavy atom. The largest absolute Gasteiger partial charge is 0.504 e. The number of phenols is 2. The molecule has 8 heteroatoms. The van der Waals surface area contributed by atoms with E-state index in [0.29, 0.717) is 36.0 Å². The van der Waals surface area contributed by atoms with Crippen LogP contribution in [0.25, 0.3) is 6.08 Å². The number of carbonyl (C=O) groups excluding carboxylic acids is 1. The number of amides is 1. The molecule has 1 aliphatic rings. The molecule has 1 aliphatic heterocycles. The van der Waals surface area contributed by atoms with E-state index in [1.807, 2.05) is 0 Å². The van der Waals surface area contributed by atoms with Crippen molar-refractivity contribution in [2.75, 3.05) is 18.5 Å². The molecular weight excluding hydrogens is 360 g/mol. The van der Waals surface area contributed by atoms with E-state index in [2.05, 4.69) is 5.32 Å². The minimum absolute atomic E-state index is 0.0965. The lowest BCUT2D eigenvalue weighted by molar-refractivity contribution is -0.112. The number of ether oxygens (including phenoxy) is 2. The lowest BCUT2D eigenvalue weighted by Gasteiger charge is -2.18. The van der Waals surface area contributed by atoms with Gasteiger partial charge in [0.2, 0.25) is 0 Å². The van der Waals surface area contributed by atoms with Gasteiger partial charge in [-0.15, -0.1) is 0 Å². The summed E-state index contributed by atoms with van der Waals surface area (Å²) in [5.41, 5.74) is 0.521. The fourth-order valence-corrected chi connectivity index (χ4v) is 2.55. The SMILES string of the molecule is N#C/C(=C\c1cc(O)c(O)c(Cl)c1)C(=O)Nc1ccc2c(c1)OCCO2. The number of phenolic OH excluding ortho intramolecular Hbond substituents is 2. The first kappa shape index (κ1) is 17.5. The predicted octanol–water partition coefficient (Wildman–Crippen LogP) is 3.07. The summed E-state index contributed by atoms with van der Waals surface area (Å²) in [7, 11) is 0. The highest BCUT2D eigenvalue weighted by Crippen LogP contribution is 2.35. The second kappa shape index (κ2) is 7.25. The molecule has 2 aromatic carbocycles. The number of benzene rings is 2. The summed E-state index contributed by atoms with van der Waals surface area (Å²) < 4.78 is 10.8. The molecule has 0 spiro atoms. The zero-order valence-corrected chi connectivity index (χ0v) is 14.1. The van der Waals surface area contributed by atoms with Crippen molar-refractivity contribution in [3.05, 3.63) is 46.5 Å². The van der Waals surface area contributed by atoms with Crippen molar-refractivity contribution in [2.45, 2.75) is 0 Å². The average Bonchev–Trinajstić information content (AvgIpc) is 2.63. The van der Waals surface area contributed by atoms with E-state index in [1.54, 1.807) is 24.3 Å². The Bertz CT molecular complexity index is 926. The van der Waals surface area contributed by atoms with E-state index in [9.17, 15) is 20.3 Å². The summed E-state index contributed by atoms with van der Waals surface area (Å²) in [6.07, 6.45) is 1.25. The summed E-state index contributed by atoms with van der Waals surface area (Å²) in [4.78, 5) is 12.3. The molecule has 3 N–H and O–H groups in total. The van der Waals surface area contributed by atoms with Gasteiger partial charge in [-0.25, -0.2) is 0 Å². The Labute approximate surface area is 153 Å². The number of hydrogen-bond acceptors (Lipinski definition) is 6. The quantitative estimate of drug-likeness (QED) is 0.433. The van der Waals surface area contributed by atoms with E-state index in [0.717, 1.165) is 0 Å². The van der Waals surface area contributed by atoms with Crippen LogP contribution in [0.5, 0.6) is 23.0 Å². The van der Waals surface area contributed by atoms with Crippen LogP contribution in [-0.4, -0.2) is 29.3 Å². The van der Waals surface area contributed by atoms with Crippen molar-refractivity contribution >= 4 is 29.3 Å². The molecule has 0 saturated heterocycles. The number of halogens is 1. The maximum absolute atomic E-state index is 12.3. The van der Waals surface area contributed by atoms with Gasteiger partial charge in [0.15, 0.2) is 23.0 Å². The standard InChI is InChI=1S/C18H13ClN2O5/c19-13-6-10(7-14(22)17(13)23)5-11(9-20)18(24)21-12-1-2-15-16(8-12)26-4-3-25-15/h1-2,5-8,22-23H,3-4H2,(H,21,24)/b11-5+. The molecule has 2 aromatic rings. The van der Waals surface area contributed by atoms with Gasteiger partial charge in [-0.05, 0) is 35.9 Å². The Balaban J connectivity index is 1.82. The van der Waals surface area contributed by atoms with Crippen molar-refractivity contribution in [2.24, 2.45) is 0 Å². The summed E-state index contributed by atoms with van der Waals surface area (Å²) in [5.74, 6) is -0.476. The van der Waals surface area contributed by atoms with E-state index >= 15 is 0 Å². The Hall–Kier alpha value is -3.37. The average molecular weight is 373 g/mol. The molecule has 0 atom stereocenters. The summed E-state index contributed by atoms with van der Waals surface area (Å²) in [6.45, 7) is 0.876. The Morgan fingerprint density at radius 2 is 1.92 bits per heavy atom. The first-order chi connectivity index (χ1) is 12.5. The highest BCUT2D eigenvalue weighted by molar-refractivity contribution is 6.32. The van der Waals surface area contributed by atoms with Crippen LogP contribution in [0.4, 0.5) is 5.69 Å². The number of nitrogens with one attached hydrogen (secondary N) is 1. The van der Waals surface area contributed by atoms with Crippen molar-refractivity contribution in [1.29, 1.82) is 5.26 Å². The number of anilines is 1. The molecular formula is C18H13ClN2O5. The second-order valence-electron chi connectivity index (χ2n) is 5.35. The van der Waals surface area contributed by atoms with E-state index in [-0.39, 0.29) is 10.6 Å². The minimum atomic E-state index is -0.645. The number of nitrogens with zero attached hydrogens (tertiary/aromatic N) is 1. The van der Waals surface area contributed by atoms with Crippen LogP contribution < -0.4 is 14.8 Å². The topological polar surface area (TPSA) is 112 Å². The zero-order chi connectivity index (χ0) is 18.7. The fourth-order valence-electron chi connectivity index (χ4n) is 2.32. The monoisotopic (exact) mass is 372 g/mol. The Morgan fingerprint density at radius 1 is 1.19 bits per heavy atom. The molecule has 1 amide bonds. The lowest BCUT2D eigenvalue weighted by atomic mass is 10.1. The first-order valence-electron chi connectivity index (χ1n) is 7.52. The second-order valence-corrected chi connectivity index (χ2v) is 5.76. The molecule has 0 aliphatic carbocycles. The van der Waals surface area contributed by atoms with Gasteiger partial charge in [0, 0.05) is 11.8 Å². The number of carbonyl (C=O) groups is 1. The summed E-state index contributed by atoms with van der Waals surface area (Å²) in [5, 5.41) is 30.8. The van der Waals surface area contributed by atoms with Crippen LogP contribution in [-0.2, 0) is 4.79 Å². The van der Waals surface area contributed by atoms with Gasteiger partial charge >= 0.3 is 0 Å². The summed E-state index contributed by atoms with van der Waals surface area (Å²) in [6, 6.07) is 9.20. The molecule has 0 radical (unpaired) electrons. The highest BCUT2D eigenvalue weighted by Gasteiger charge is 2.15. The number of nitriles is 1. The van der Waals surface area contributed by atoms with Gasteiger partial charge in [-0.2, -0.15) is 5.26 Å². The third-order valence-electron chi connectivity index (χ3n) is 3.54. The molecule has 1 heterocycles. The van der Waals surface area contributed by atoms with E-state index < -0.39 is 17.4 Å². The highest BCUT2D eigenvalue weighted by atomic mass is 35.5. The number of hydrogen-bond donors (Lipinski definition) is 3. The molecule has 0 aromatic heterocycles. The van der Waals surface area contributed by atoms with E-state index in [1.165, 1.54) is 18.2 Å². The number of aromatic hydroxyl groups is 2. The predicted molar refractivity (Wildman–Crippen MR) is 94.4 cm³/mol. The fraction of sp³-hybridized carbons (Fsp3) is 0.111. The molecule has 0 unspecified atom stereocenters. The van der Waals surface area contributed by atoms with Crippen LogP contribution in [0.2, 0.25) is 5.02 Å².